The zero-order chi connectivity index (χ0) is 24.1. The second kappa shape index (κ2) is 9.98. The van der Waals surface area contributed by atoms with Gasteiger partial charge in [0, 0.05) is 39.8 Å². The largest absolute Gasteiger partial charge is 0.361 e. The summed E-state index contributed by atoms with van der Waals surface area (Å²) in [4.78, 5) is 27.7. The van der Waals surface area contributed by atoms with Crippen molar-refractivity contribution in [1.29, 1.82) is 0 Å². The van der Waals surface area contributed by atoms with Gasteiger partial charge in [0.2, 0.25) is 5.91 Å². The van der Waals surface area contributed by atoms with Crippen molar-refractivity contribution < 1.29 is 18.0 Å². The highest BCUT2D eigenvalue weighted by Gasteiger charge is 2.17. The number of fused-ring (bicyclic) bond motifs is 1. The van der Waals surface area contributed by atoms with Crippen molar-refractivity contribution in [2.45, 2.75) is 17.7 Å². The zero-order valence-corrected chi connectivity index (χ0v) is 19.4. The first-order chi connectivity index (χ1) is 16.3. The van der Waals surface area contributed by atoms with Crippen LogP contribution in [0, 0.1) is 0 Å². The first kappa shape index (κ1) is 23.3. The average Bonchev–Trinajstić information content (AvgIpc) is 3.26. The SMILES string of the molecule is O=C(CCc1c[nH]c2ccccc12)NNC(=O)c1cccc(S(=O)(=O)Nc2ccc(Cl)cc2)c1. The molecule has 0 fully saturated rings. The topological polar surface area (TPSA) is 120 Å². The summed E-state index contributed by atoms with van der Waals surface area (Å²) in [6.07, 6.45) is 2.53. The first-order valence-electron chi connectivity index (χ1n) is 10.3. The third-order valence-corrected chi connectivity index (χ3v) is 6.75. The van der Waals surface area contributed by atoms with Crippen LogP contribution < -0.4 is 15.6 Å². The van der Waals surface area contributed by atoms with Crippen LogP contribution in [0.5, 0.6) is 0 Å². The fraction of sp³-hybridized carbons (Fsp3) is 0.0833. The molecule has 0 spiro atoms. The molecule has 0 radical (unpaired) electrons. The highest BCUT2D eigenvalue weighted by molar-refractivity contribution is 7.92. The molecule has 0 saturated heterocycles. The fourth-order valence-corrected chi connectivity index (χ4v) is 4.61. The number of benzene rings is 3. The number of hydrogen-bond donors (Lipinski definition) is 4. The van der Waals surface area contributed by atoms with E-state index in [4.69, 9.17) is 11.6 Å². The van der Waals surface area contributed by atoms with E-state index in [1.165, 1.54) is 36.4 Å². The third kappa shape index (κ3) is 5.56. The Bertz CT molecular complexity index is 1450. The van der Waals surface area contributed by atoms with E-state index in [0.29, 0.717) is 17.1 Å². The lowest BCUT2D eigenvalue weighted by Crippen LogP contribution is -2.41. The van der Waals surface area contributed by atoms with Crippen LogP contribution in [0.3, 0.4) is 0 Å². The third-order valence-electron chi connectivity index (χ3n) is 5.11. The van der Waals surface area contributed by atoms with Crippen LogP contribution in [0.2, 0.25) is 5.02 Å². The van der Waals surface area contributed by atoms with Crippen molar-refractivity contribution in [3.05, 3.63) is 95.1 Å². The van der Waals surface area contributed by atoms with Crippen LogP contribution >= 0.6 is 11.6 Å². The molecular formula is C24H21ClN4O4S. The number of aromatic amines is 1. The standard InChI is InChI=1S/C24H21ClN4O4S/c25-18-9-11-19(12-10-18)29-34(32,33)20-5-3-4-16(14-20)24(31)28-27-23(30)13-8-17-15-26-22-7-2-1-6-21(17)22/h1-7,9-12,14-15,26,29H,8,13H2,(H,27,30)(H,28,31). The number of rotatable bonds is 7. The Balaban J connectivity index is 1.34. The van der Waals surface area contributed by atoms with Gasteiger partial charge in [-0.15, -0.1) is 0 Å². The Kier molecular flexibility index (Phi) is 6.85. The number of carbonyl (C=O) groups excluding carboxylic acids is 2. The van der Waals surface area contributed by atoms with Crippen LogP contribution in [0.4, 0.5) is 5.69 Å². The molecule has 8 nitrogen and oxygen atoms in total. The maximum atomic E-state index is 12.7. The molecule has 4 rings (SSSR count). The number of aryl methyl sites for hydroxylation is 1. The number of sulfonamides is 1. The van der Waals surface area contributed by atoms with Crippen LogP contribution in [0.25, 0.3) is 10.9 Å². The molecule has 34 heavy (non-hydrogen) atoms. The molecule has 0 atom stereocenters. The number of carbonyl (C=O) groups is 2. The number of nitrogens with one attached hydrogen (secondary N) is 4. The molecule has 4 aromatic rings. The van der Waals surface area contributed by atoms with E-state index in [-0.39, 0.29) is 22.8 Å². The summed E-state index contributed by atoms with van der Waals surface area (Å²) in [5.74, 6) is -1.00. The summed E-state index contributed by atoms with van der Waals surface area (Å²) in [5, 5.41) is 1.52. The lowest BCUT2D eigenvalue weighted by Gasteiger charge is -2.10. The van der Waals surface area contributed by atoms with E-state index in [1.54, 1.807) is 12.1 Å². The highest BCUT2D eigenvalue weighted by Crippen LogP contribution is 2.20. The van der Waals surface area contributed by atoms with Crippen molar-refractivity contribution in [3.63, 3.8) is 0 Å². The second-order valence-electron chi connectivity index (χ2n) is 7.50. The van der Waals surface area contributed by atoms with Crippen molar-refractivity contribution in [1.82, 2.24) is 15.8 Å². The number of para-hydroxylation sites is 1. The molecule has 10 heteroatoms. The Hall–Kier alpha value is -3.82. The lowest BCUT2D eigenvalue weighted by atomic mass is 10.1. The van der Waals surface area contributed by atoms with Crippen molar-refractivity contribution >= 4 is 50.0 Å². The van der Waals surface area contributed by atoms with E-state index in [2.05, 4.69) is 20.6 Å². The van der Waals surface area contributed by atoms with Gasteiger partial charge in [0.25, 0.3) is 15.9 Å². The van der Waals surface area contributed by atoms with Crippen LogP contribution in [0.15, 0.2) is 83.9 Å². The predicted octanol–water partition coefficient (Wildman–Crippen LogP) is 4.02. The van der Waals surface area contributed by atoms with Gasteiger partial charge in [-0.1, -0.05) is 35.9 Å². The molecule has 0 unspecified atom stereocenters. The van der Waals surface area contributed by atoms with Crippen LogP contribution in [-0.2, 0) is 21.2 Å². The van der Waals surface area contributed by atoms with Gasteiger partial charge in [-0.2, -0.15) is 0 Å². The number of anilines is 1. The second-order valence-corrected chi connectivity index (χ2v) is 9.62. The number of amides is 2. The smallest absolute Gasteiger partial charge is 0.269 e. The Morgan fingerprint density at radius 1 is 0.912 bits per heavy atom. The normalized spacial score (nSPS) is 11.2. The molecule has 4 N–H and O–H groups in total. The van der Waals surface area contributed by atoms with Crippen molar-refractivity contribution in [2.75, 3.05) is 4.72 Å². The molecule has 174 valence electrons. The number of H-pyrrole nitrogens is 1. The summed E-state index contributed by atoms with van der Waals surface area (Å²) >= 11 is 5.82. The van der Waals surface area contributed by atoms with Crippen molar-refractivity contribution in [3.8, 4) is 0 Å². The lowest BCUT2D eigenvalue weighted by molar-refractivity contribution is -0.121. The van der Waals surface area contributed by atoms with E-state index in [9.17, 15) is 18.0 Å². The van der Waals surface area contributed by atoms with E-state index in [1.807, 2.05) is 30.5 Å². The van der Waals surface area contributed by atoms with Gasteiger partial charge in [-0.05, 0) is 60.5 Å². The maximum absolute atomic E-state index is 12.7. The first-order valence-corrected chi connectivity index (χ1v) is 12.2. The highest BCUT2D eigenvalue weighted by atomic mass is 35.5. The van der Waals surface area contributed by atoms with Gasteiger partial charge in [-0.25, -0.2) is 8.42 Å². The van der Waals surface area contributed by atoms with E-state index >= 15 is 0 Å². The molecule has 0 saturated carbocycles. The number of halogens is 1. The summed E-state index contributed by atoms with van der Waals surface area (Å²) in [6.45, 7) is 0. The molecule has 1 aromatic heterocycles. The molecule has 0 aliphatic rings. The van der Waals surface area contributed by atoms with E-state index in [0.717, 1.165) is 16.5 Å². The predicted molar refractivity (Wildman–Crippen MR) is 131 cm³/mol. The van der Waals surface area contributed by atoms with Gasteiger partial charge < -0.3 is 4.98 Å². The van der Waals surface area contributed by atoms with Gasteiger partial charge >= 0.3 is 0 Å². The van der Waals surface area contributed by atoms with Gasteiger partial charge in [0.15, 0.2) is 0 Å². The van der Waals surface area contributed by atoms with Gasteiger partial charge in [-0.3, -0.25) is 25.2 Å². The number of hydrogen-bond acceptors (Lipinski definition) is 4. The minimum absolute atomic E-state index is 0.0795. The molecule has 1 heterocycles. The van der Waals surface area contributed by atoms with Gasteiger partial charge in [0.1, 0.15) is 0 Å². The summed E-state index contributed by atoms with van der Waals surface area (Å²) < 4.78 is 27.8. The molecule has 3 aromatic carbocycles. The fourth-order valence-electron chi connectivity index (χ4n) is 3.38. The zero-order valence-electron chi connectivity index (χ0n) is 17.8. The molecule has 2 amide bonds. The monoisotopic (exact) mass is 496 g/mol. The Morgan fingerprint density at radius 3 is 2.47 bits per heavy atom. The molecule has 0 aliphatic heterocycles. The molecule has 0 aliphatic carbocycles. The average molecular weight is 497 g/mol. The quantitative estimate of drug-likeness (QED) is 0.289. The van der Waals surface area contributed by atoms with Gasteiger partial charge in [0.05, 0.1) is 4.90 Å². The number of aromatic nitrogens is 1. The van der Waals surface area contributed by atoms with Crippen LogP contribution in [0.1, 0.15) is 22.3 Å². The number of hydrazine groups is 1. The maximum Gasteiger partial charge on any atom is 0.269 e. The Morgan fingerprint density at radius 2 is 1.68 bits per heavy atom. The molecule has 0 bridgehead atoms. The summed E-state index contributed by atoms with van der Waals surface area (Å²) in [5.41, 5.74) is 7.10. The molecular weight excluding hydrogens is 476 g/mol. The summed E-state index contributed by atoms with van der Waals surface area (Å²) in [6, 6.07) is 19.5. The van der Waals surface area contributed by atoms with Crippen LogP contribution in [-0.4, -0.2) is 25.2 Å². The van der Waals surface area contributed by atoms with Crippen molar-refractivity contribution in [2.24, 2.45) is 0 Å². The minimum atomic E-state index is -3.93. The summed E-state index contributed by atoms with van der Waals surface area (Å²) in [7, 11) is -3.93. The minimum Gasteiger partial charge on any atom is -0.361 e. The Labute approximate surface area is 201 Å². The van der Waals surface area contributed by atoms with E-state index < -0.39 is 15.9 Å².